The Labute approximate surface area is 198 Å². The highest BCUT2D eigenvalue weighted by Crippen LogP contribution is 2.29. The quantitative estimate of drug-likeness (QED) is 0.462. The number of carbonyl (C=O) groups is 2. The van der Waals surface area contributed by atoms with E-state index in [2.05, 4.69) is 20.6 Å². The molecule has 33 heavy (non-hydrogen) atoms. The first-order valence-electron chi connectivity index (χ1n) is 10.3. The number of pyridine rings is 1. The van der Waals surface area contributed by atoms with Gasteiger partial charge in [0.15, 0.2) is 5.96 Å². The number of allylic oxidation sites excluding steroid dienone is 2. The highest BCUT2D eigenvalue weighted by Gasteiger charge is 2.39. The highest BCUT2D eigenvalue weighted by atomic mass is 35.5. The normalized spacial score (nSPS) is 20.1. The van der Waals surface area contributed by atoms with Crippen LogP contribution < -0.4 is 21.3 Å². The molecule has 2 atom stereocenters. The predicted octanol–water partition coefficient (Wildman–Crippen LogP) is 3.38. The molecule has 0 spiro atoms. The van der Waals surface area contributed by atoms with Crippen LogP contribution in [-0.2, 0) is 4.79 Å². The van der Waals surface area contributed by atoms with E-state index < -0.39 is 11.5 Å². The van der Waals surface area contributed by atoms with Gasteiger partial charge in [0.05, 0.1) is 16.5 Å². The Kier molecular flexibility index (Phi) is 7.18. The van der Waals surface area contributed by atoms with Crippen LogP contribution in [0.15, 0.2) is 71.4 Å². The SMILES string of the molecule is CN=C(N)N(C)c1ccc(C(=O)NC2(C)C=CC(C)=CC2C(=O)Nc2ccc(Cl)cn2)cc1. The van der Waals surface area contributed by atoms with Crippen LogP contribution in [0.4, 0.5) is 11.5 Å². The molecule has 8 nitrogen and oxygen atoms in total. The van der Waals surface area contributed by atoms with Gasteiger partial charge in [-0.3, -0.25) is 14.6 Å². The number of hydrogen-bond donors (Lipinski definition) is 3. The van der Waals surface area contributed by atoms with E-state index in [1.807, 2.05) is 32.1 Å². The smallest absolute Gasteiger partial charge is 0.251 e. The summed E-state index contributed by atoms with van der Waals surface area (Å²) in [5.41, 5.74) is 7.07. The number of anilines is 2. The topological polar surface area (TPSA) is 113 Å². The third-order valence-electron chi connectivity index (χ3n) is 5.50. The van der Waals surface area contributed by atoms with Gasteiger partial charge in [0.1, 0.15) is 5.82 Å². The van der Waals surface area contributed by atoms with Gasteiger partial charge in [0.25, 0.3) is 5.91 Å². The molecule has 0 bridgehead atoms. The minimum Gasteiger partial charge on any atom is -0.370 e. The molecule has 3 rings (SSSR count). The predicted molar refractivity (Wildman–Crippen MR) is 133 cm³/mol. The molecule has 9 heteroatoms. The fraction of sp³-hybridized carbons (Fsp3) is 0.250. The molecule has 2 aromatic rings. The summed E-state index contributed by atoms with van der Waals surface area (Å²) in [5.74, 6) is -0.493. The van der Waals surface area contributed by atoms with Gasteiger partial charge in [-0.2, -0.15) is 0 Å². The number of halogens is 1. The number of carbonyl (C=O) groups excluding carboxylic acids is 2. The summed E-state index contributed by atoms with van der Waals surface area (Å²) in [6.45, 7) is 3.71. The van der Waals surface area contributed by atoms with E-state index in [1.54, 1.807) is 55.4 Å². The summed E-state index contributed by atoms with van der Waals surface area (Å²) in [5, 5.41) is 6.28. The van der Waals surface area contributed by atoms with Gasteiger partial charge in [-0.1, -0.05) is 35.4 Å². The van der Waals surface area contributed by atoms with Gasteiger partial charge in [0, 0.05) is 31.5 Å². The standard InChI is InChI=1S/C24H27ClN6O2/c1-15-11-12-24(2,19(13-15)22(33)29-20-10-7-17(25)14-28-20)30-21(32)16-5-8-18(9-6-16)31(4)23(26)27-3/h5-14,19H,1-4H3,(H2,26,27)(H,30,32)(H,28,29,33). The van der Waals surface area contributed by atoms with E-state index in [-0.39, 0.29) is 11.8 Å². The number of nitrogens with zero attached hydrogens (tertiary/aromatic N) is 3. The number of amides is 2. The van der Waals surface area contributed by atoms with E-state index in [0.717, 1.165) is 11.3 Å². The molecule has 1 aromatic heterocycles. The third kappa shape index (κ3) is 5.59. The zero-order valence-electron chi connectivity index (χ0n) is 19.0. The zero-order chi connectivity index (χ0) is 24.2. The Morgan fingerprint density at radius 2 is 1.91 bits per heavy atom. The van der Waals surface area contributed by atoms with Gasteiger partial charge in [-0.05, 0) is 50.2 Å². The van der Waals surface area contributed by atoms with Crippen molar-refractivity contribution in [2.24, 2.45) is 16.6 Å². The molecule has 0 radical (unpaired) electrons. The molecule has 1 aromatic carbocycles. The summed E-state index contributed by atoms with van der Waals surface area (Å²) in [6, 6.07) is 10.2. The van der Waals surface area contributed by atoms with Gasteiger partial charge in [-0.15, -0.1) is 0 Å². The molecule has 4 N–H and O–H groups in total. The highest BCUT2D eigenvalue weighted by molar-refractivity contribution is 6.30. The van der Waals surface area contributed by atoms with E-state index in [1.165, 1.54) is 6.20 Å². The van der Waals surface area contributed by atoms with Crippen molar-refractivity contribution in [3.63, 3.8) is 0 Å². The molecule has 0 saturated heterocycles. The second-order valence-electron chi connectivity index (χ2n) is 8.00. The van der Waals surface area contributed by atoms with E-state index in [9.17, 15) is 9.59 Å². The lowest BCUT2D eigenvalue weighted by Crippen LogP contribution is -2.54. The first kappa shape index (κ1) is 24.0. The summed E-state index contributed by atoms with van der Waals surface area (Å²) >= 11 is 5.87. The van der Waals surface area contributed by atoms with Crippen molar-refractivity contribution in [1.29, 1.82) is 0 Å². The molecular formula is C24H27ClN6O2. The molecule has 0 saturated carbocycles. The van der Waals surface area contributed by atoms with Gasteiger partial charge in [-0.25, -0.2) is 4.98 Å². The number of rotatable bonds is 5. The number of guanidine groups is 1. The van der Waals surface area contributed by atoms with Crippen molar-refractivity contribution >= 4 is 40.9 Å². The van der Waals surface area contributed by atoms with E-state index >= 15 is 0 Å². The molecule has 172 valence electrons. The van der Waals surface area contributed by atoms with Gasteiger partial charge < -0.3 is 21.3 Å². The summed E-state index contributed by atoms with van der Waals surface area (Å²) in [6.07, 6.45) is 7.01. The van der Waals surface area contributed by atoms with Crippen molar-refractivity contribution in [1.82, 2.24) is 10.3 Å². The van der Waals surface area contributed by atoms with E-state index in [0.29, 0.717) is 22.4 Å². The fourth-order valence-corrected chi connectivity index (χ4v) is 3.57. The average Bonchev–Trinajstić information content (AvgIpc) is 2.81. The second kappa shape index (κ2) is 9.87. The maximum atomic E-state index is 13.1. The maximum Gasteiger partial charge on any atom is 0.251 e. The third-order valence-corrected chi connectivity index (χ3v) is 5.73. The second-order valence-corrected chi connectivity index (χ2v) is 8.43. The Hall–Kier alpha value is -3.65. The number of nitrogens with one attached hydrogen (secondary N) is 2. The van der Waals surface area contributed by atoms with Crippen molar-refractivity contribution in [2.45, 2.75) is 19.4 Å². The van der Waals surface area contributed by atoms with Crippen LogP contribution in [0.1, 0.15) is 24.2 Å². The fourth-order valence-electron chi connectivity index (χ4n) is 3.46. The maximum absolute atomic E-state index is 13.1. The van der Waals surface area contributed by atoms with Gasteiger partial charge in [0.2, 0.25) is 5.91 Å². The number of aromatic nitrogens is 1. The summed E-state index contributed by atoms with van der Waals surface area (Å²) in [7, 11) is 3.40. The lowest BCUT2D eigenvalue weighted by Gasteiger charge is -2.36. The van der Waals surface area contributed by atoms with Crippen molar-refractivity contribution in [3.8, 4) is 0 Å². The monoisotopic (exact) mass is 466 g/mol. The van der Waals surface area contributed by atoms with Crippen LogP contribution in [0.2, 0.25) is 5.02 Å². The molecule has 1 aliphatic carbocycles. The Morgan fingerprint density at radius 1 is 1.21 bits per heavy atom. The first-order valence-corrected chi connectivity index (χ1v) is 10.7. The molecule has 2 amide bonds. The van der Waals surface area contributed by atoms with Crippen LogP contribution in [0.25, 0.3) is 0 Å². The molecular weight excluding hydrogens is 440 g/mol. The van der Waals surface area contributed by atoms with Crippen molar-refractivity contribution in [2.75, 3.05) is 24.3 Å². The lowest BCUT2D eigenvalue weighted by atomic mass is 9.79. The Balaban J connectivity index is 1.78. The largest absolute Gasteiger partial charge is 0.370 e. The van der Waals surface area contributed by atoms with Crippen LogP contribution in [-0.4, -0.2) is 42.4 Å². The van der Waals surface area contributed by atoms with Crippen LogP contribution in [0, 0.1) is 5.92 Å². The number of nitrogens with two attached hydrogens (primary N) is 1. The number of aliphatic imine (C=N–C) groups is 1. The summed E-state index contributed by atoms with van der Waals surface area (Å²) < 4.78 is 0. The molecule has 1 aliphatic rings. The molecule has 0 fully saturated rings. The summed E-state index contributed by atoms with van der Waals surface area (Å²) in [4.78, 5) is 35.9. The molecule has 1 heterocycles. The molecule has 0 aliphatic heterocycles. The minimum absolute atomic E-state index is 0.289. The number of hydrogen-bond acceptors (Lipinski definition) is 4. The van der Waals surface area contributed by atoms with Crippen molar-refractivity contribution in [3.05, 3.63) is 77.0 Å². The minimum atomic E-state index is -0.943. The lowest BCUT2D eigenvalue weighted by molar-refractivity contribution is -0.119. The zero-order valence-corrected chi connectivity index (χ0v) is 19.7. The number of benzene rings is 1. The van der Waals surface area contributed by atoms with Crippen LogP contribution in [0.3, 0.4) is 0 Å². The van der Waals surface area contributed by atoms with Crippen LogP contribution in [0.5, 0.6) is 0 Å². The Bertz CT molecular complexity index is 1120. The van der Waals surface area contributed by atoms with Crippen LogP contribution >= 0.6 is 11.6 Å². The first-order chi connectivity index (χ1) is 15.6. The van der Waals surface area contributed by atoms with Crippen molar-refractivity contribution < 1.29 is 9.59 Å². The van der Waals surface area contributed by atoms with E-state index in [4.69, 9.17) is 17.3 Å². The van der Waals surface area contributed by atoms with Gasteiger partial charge >= 0.3 is 0 Å². The molecule has 2 unspecified atom stereocenters. The Morgan fingerprint density at radius 3 is 2.52 bits per heavy atom. The average molecular weight is 467 g/mol.